The number of hydrogen-bond donors (Lipinski definition) is 8. The molecule has 0 radical (unpaired) electrons. The maximum atomic E-state index is 14.0. The van der Waals surface area contributed by atoms with Gasteiger partial charge in [0.15, 0.2) is 0 Å². The number of hydrogen-bond acceptors (Lipinski definition) is 10. The first-order chi connectivity index (χ1) is 27.5. The van der Waals surface area contributed by atoms with Gasteiger partial charge in [-0.2, -0.15) is 0 Å². The number of aliphatic hydroxyl groups is 2. The second-order valence-corrected chi connectivity index (χ2v) is 16.3. The summed E-state index contributed by atoms with van der Waals surface area (Å²) in [6.07, 6.45) is 0.265. The SMILES string of the molecule is CC(C)C[C@@H]1NC(=O)[C@@H](Cc2ccccc2)NC(=O)[C@@H]2CCCN2C(=O)[C@H](CO)NC(=O)[C@@H]2CCCN2C(=O)[C@H](CC(C)C)NC(=O)[C@H]([C@@H](C)O)NC(=O)CNC1=O. The lowest BCUT2D eigenvalue weighted by atomic mass is 10.0. The zero-order chi connectivity index (χ0) is 42.7. The standard InChI is InChI=1S/C40H60N8O10/c1-22(2)17-26-34(52)41-20-32(51)46-33(24(5)50)38(56)44-28(18-23(3)4)39(57)47-15-9-14-31(47)37(55)45-29(21-49)40(58)48-16-10-13-30(48)36(54)43-27(35(53)42-26)19-25-11-7-6-8-12-25/h6-8,11-12,22-24,26-31,33,49-50H,9-10,13-21H2,1-5H3,(H,41,52)(H,42,53)(H,43,54)(H,44,56)(H,45,55)(H,46,51)/t24-,26+,27-,28+,29+,30+,31+,33+/m1/s1. The molecule has 0 aliphatic carbocycles. The molecule has 0 saturated carbocycles. The number of carbonyl (C=O) groups excluding carboxylic acids is 8. The van der Waals surface area contributed by atoms with Crippen molar-refractivity contribution in [3.63, 3.8) is 0 Å². The monoisotopic (exact) mass is 812 g/mol. The van der Waals surface area contributed by atoms with Crippen molar-refractivity contribution in [2.24, 2.45) is 11.8 Å². The molecule has 58 heavy (non-hydrogen) atoms. The quantitative estimate of drug-likeness (QED) is 0.147. The highest BCUT2D eigenvalue weighted by Crippen LogP contribution is 2.23. The molecule has 18 heteroatoms. The highest BCUT2D eigenvalue weighted by Gasteiger charge is 2.43. The predicted molar refractivity (Wildman–Crippen MR) is 210 cm³/mol. The van der Waals surface area contributed by atoms with Crippen molar-refractivity contribution >= 4 is 47.3 Å². The lowest BCUT2D eigenvalue weighted by molar-refractivity contribution is -0.145. The molecule has 3 saturated heterocycles. The van der Waals surface area contributed by atoms with E-state index < -0.39 is 109 Å². The van der Waals surface area contributed by atoms with Crippen molar-refractivity contribution in [2.45, 2.75) is 128 Å². The number of fused-ring (bicyclic) bond motifs is 2. The van der Waals surface area contributed by atoms with Crippen molar-refractivity contribution in [1.82, 2.24) is 41.7 Å². The first-order valence-corrected chi connectivity index (χ1v) is 20.2. The molecule has 3 heterocycles. The Morgan fingerprint density at radius 1 is 0.621 bits per heavy atom. The second kappa shape index (κ2) is 21.1. The van der Waals surface area contributed by atoms with Gasteiger partial charge in [0.2, 0.25) is 47.3 Å². The Kier molecular flexibility index (Phi) is 16.6. The molecule has 8 atom stereocenters. The molecule has 1 aromatic carbocycles. The second-order valence-electron chi connectivity index (χ2n) is 16.3. The topological polar surface area (TPSA) is 256 Å². The Balaban J connectivity index is 1.70. The van der Waals surface area contributed by atoms with Gasteiger partial charge >= 0.3 is 0 Å². The summed E-state index contributed by atoms with van der Waals surface area (Å²) in [5.74, 6) is -5.94. The Morgan fingerprint density at radius 3 is 1.66 bits per heavy atom. The van der Waals surface area contributed by atoms with Gasteiger partial charge in [-0.1, -0.05) is 58.0 Å². The zero-order valence-electron chi connectivity index (χ0n) is 34.0. The van der Waals surface area contributed by atoms with Crippen LogP contribution >= 0.6 is 0 Å². The molecular weight excluding hydrogens is 752 g/mol. The van der Waals surface area contributed by atoms with Crippen molar-refractivity contribution in [2.75, 3.05) is 26.2 Å². The Morgan fingerprint density at radius 2 is 1.12 bits per heavy atom. The molecule has 8 N–H and O–H groups in total. The van der Waals surface area contributed by atoms with Crippen molar-refractivity contribution < 1.29 is 48.6 Å². The van der Waals surface area contributed by atoms with Gasteiger partial charge in [-0.15, -0.1) is 0 Å². The van der Waals surface area contributed by atoms with Crippen molar-refractivity contribution in [3.05, 3.63) is 35.9 Å². The summed E-state index contributed by atoms with van der Waals surface area (Å²) in [5.41, 5.74) is 0.701. The third-order valence-electron chi connectivity index (χ3n) is 10.6. The van der Waals surface area contributed by atoms with E-state index in [2.05, 4.69) is 31.9 Å². The van der Waals surface area contributed by atoms with Gasteiger partial charge < -0.3 is 51.9 Å². The van der Waals surface area contributed by atoms with Gasteiger partial charge in [0.1, 0.15) is 42.3 Å². The van der Waals surface area contributed by atoms with E-state index in [-0.39, 0.29) is 57.0 Å². The molecular formula is C40H60N8O10. The number of nitrogens with zero attached hydrogens (tertiary/aromatic N) is 2. The minimum absolute atomic E-state index is 0.0320. The summed E-state index contributed by atoms with van der Waals surface area (Å²) < 4.78 is 0. The van der Waals surface area contributed by atoms with Crippen LogP contribution < -0.4 is 31.9 Å². The summed E-state index contributed by atoms with van der Waals surface area (Å²) in [7, 11) is 0. The van der Waals surface area contributed by atoms with Gasteiger partial charge in [0.25, 0.3) is 0 Å². The molecule has 0 spiro atoms. The Bertz CT molecular complexity index is 1660. The molecule has 1 aromatic rings. The van der Waals surface area contributed by atoms with E-state index >= 15 is 0 Å². The summed E-state index contributed by atoms with van der Waals surface area (Å²) in [6, 6.07) is 0.295. The normalized spacial score (nSPS) is 28.1. The fourth-order valence-electron chi connectivity index (χ4n) is 7.64. The number of aliphatic hydroxyl groups excluding tert-OH is 2. The van der Waals surface area contributed by atoms with Gasteiger partial charge in [-0.05, 0) is 62.8 Å². The molecule has 4 rings (SSSR count). The van der Waals surface area contributed by atoms with Crippen LogP contribution in [0.1, 0.15) is 78.7 Å². The number of rotatable bonds is 8. The summed E-state index contributed by atoms with van der Waals surface area (Å²) in [4.78, 5) is 113. The molecule has 0 bridgehead atoms. The van der Waals surface area contributed by atoms with E-state index in [0.29, 0.717) is 18.4 Å². The van der Waals surface area contributed by atoms with Crippen LogP contribution in [-0.2, 0) is 44.8 Å². The molecule has 0 unspecified atom stereocenters. The molecule has 3 fully saturated rings. The molecule has 8 amide bonds. The molecule has 3 aliphatic rings. The van der Waals surface area contributed by atoms with Crippen LogP contribution in [0, 0.1) is 11.8 Å². The third-order valence-corrected chi connectivity index (χ3v) is 10.6. The Hall–Kier alpha value is -5.10. The van der Waals surface area contributed by atoms with Crippen LogP contribution in [0.3, 0.4) is 0 Å². The average molecular weight is 813 g/mol. The third kappa shape index (κ3) is 12.2. The van der Waals surface area contributed by atoms with Crippen LogP contribution in [0.15, 0.2) is 30.3 Å². The van der Waals surface area contributed by atoms with Gasteiger partial charge in [0.05, 0.1) is 19.3 Å². The average Bonchev–Trinajstić information content (AvgIpc) is 3.87. The molecule has 3 aliphatic heterocycles. The lowest BCUT2D eigenvalue weighted by Crippen LogP contribution is -2.61. The summed E-state index contributed by atoms with van der Waals surface area (Å²) >= 11 is 0. The van der Waals surface area contributed by atoms with Gasteiger partial charge in [-0.3, -0.25) is 38.4 Å². The number of benzene rings is 1. The largest absolute Gasteiger partial charge is 0.394 e. The van der Waals surface area contributed by atoms with E-state index in [0.717, 1.165) is 0 Å². The van der Waals surface area contributed by atoms with E-state index in [1.165, 1.54) is 16.7 Å². The number of carbonyl (C=O) groups is 8. The molecule has 0 aromatic heterocycles. The minimum Gasteiger partial charge on any atom is -0.394 e. The smallest absolute Gasteiger partial charge is 0.248 e. The van der Waals surface area contributed by atoms with E-state index in [1.54, 1.807) is 30.3 Å². The van der Waals surface area contributed by atoms with Crippen LogP contribution in [0.2, 0.25) is 0 Å². The van der Waals surface area contributed by atoms with E-state index in [9.17, 15) is 48.6 Å². The zero-order valence-corrected chi connectivity index (χ0v) is 34.0. The molecule has 18 nitrogen and oxygen atoms in total. The Labute approximate surface area is 339 Å². The van der Waals surface area contributed by atoms with Gasteiger partial charge in [-0.25, -0.2) is 0 Å². The van der Waals surface area contributed by atoms with E-state index in [4.69, 9.17) is 0 Å². The van der Waals surface area contributed by atoms with Crippen LogP contribution in [0.25, 0.3) is 0 Å². The van der Waals surface area contributed by atoms with Crippen LogP contribution in [0.5, 0.6) is 0 Å². The van der Waals surface area contributed by atoms with E-state index in [1.807, 2.05) is 27.7 Å². The van der Waals surface area contributed by atoms with Crippen molar-refractivity contribution in [1.29, 1.82) is 0 Å². The van der Waals surface area contributed by atoms with Crippen molar-refractivity contribution in [3.8, 4) is 0 Å². The maximum Gasteiger partial charge on any atom is 0.248 e. The predicted octanol–water partition coefficient (Wildman–Crippen LogP) is -1.77. The first kappa shape index (κ1) is 45.6. The number of amides is 8. The fourth-order valence-corrected chi connectivity index (χ4v) is 7.64. The summed E-state index contributed by atoms with van der Waals surface area (Å²) in [6.45, 7) is 7.50. The minimum atomic E-state index is -1.53. The first-order valence-electron chi connectivity index (χ1n) is 20.2. The maximum absolute atomic E-state index is 14.0. The number of nitrogens with one attached hydrogen (secondary N) is 6. The highest BCUT2D eigenvalue weighted by molar-refractivity contribution is 5.99. The van der Waals surface area contributed by atoms with Gasteiger partial charge in [0, 0.05) is 19.5 Å². The lowest BCUT2D eigenvalue weighted by Gasteiger charge is -2.32. The van der Waals surface area contributed by atoms with Crippen LogP contribution in [0.4, 0.5) is 0 Å². The molecule has 320 valence electrons. The summed E-state index contributed by atoms with van der Waals surface area (Å²) in [5, 5.41) is 36.5. The highest BCUT2D eigenvalue weighted by atomic mass is 16.3. The van der Waals surface area contributed by atoms with Crippen LogP contribution in [-0.4, -0.2) is 142 Å². The fraction of sp³-hybridized carbons (Fsp3) is 0.650.